The molecule has 6 nitrogen and oxygen atoms in total. The summed E-state index contributed by atoms with van der Waals surface area (Å²) in [7, 11) is 4.15. The Morgan fingerprint density at radius 1 is 1.04 bits per heavy atom. The number of hydrogen-bond donors (Lipinski definition) is 1. The molecule has 2 heterocycles. The van der Waals surface area contributed by atoms with Crippen LogP contribution in [0.4, 0.5) is 5.69 Å². The lowest BCUT2D eigenvalue weighted by Gasteiger charge is -2.37. The second kappa shape index (κ2) is 7.81. The summed E-state index contributed by atoms with van der Waals surface area (Å²) in [5.74, 6) is -0.486. The van der Waals surface area contributed by atoms with Crippen LogP contribution in [-0.2, 0) is 19.1 Å². The molecule has 9 heteroatoms. The number of nitrogens with one attached hydrogen (secondary N) is 1. The summed E-state index contributed by atoms with van der Waals surface area (Å²) in [5.41, 5.74) is 2.06. The number of benzene rings is 1. The van der Waals surface area contributed by atoms with Crippen LogP contribution in [0.1, 0.15) is 19.4 Å². The zero-order valence-corrected chi connectivity index (χ0v) is 18.4. The van der Waals surface area contributed by atoms with Gasteiger partial charge in [-0.2, -0.15) is 0 Å². The van der Waals surface area contributed by atoms with Crippen molar-refractivity contribution in [1.29, 1.82) is 0 Å². The third-order valence-corrected chi connectivity index (χ3v) is 7.55. The second-order valence-electron chi connectivity index (χ2n) is 6.50. The SMILES string of the molecule is COC(=O)C1=C(C(=O)OC)SC(=C2C(=S)C(C)(C)Nc3ccc(OC)cc32)S1. The number of fused-ring (bicyclic) bond motifs is 1. The molecule has 1 N–H and O–H groups in total. The topological polar surface area (TPSA) is 73.9 Å². The van der Waals surface area contributed by atoms with Gasteiger partial charge in [-0.05, 0) is 32.0 Å². The number of hydrogen-bond acceptors (Lipinski definition) is 9. The molecule has 1 aromatic rings. The van der Waals surface area contributed by atoms with Crippen molar-refractivity contribution in [2.75, 3.05) is 26.6 Å². The van der Waals surface area contributed by atoms with E-state index in [1.165, 1.54) is 37.7 Å². The van der Waals surface area contributed by atoms with Crippen molar-refractivity contribution in [2.24, 2.45) is 0 Å². The van der Waals surface area contributed by atoms with E-state index in [-0.39, 0.29) is 9.81 Å². The molecule has 0 radical (unpaired) electrons. The maximum absolute atomic E-state index is 12.2. The van der Waals surface area contributed by atoms with Crippen LogP contribution in [0.5, 0.6) is 5.75 Å². The Bertz CT molecular complexity index is 919. The summed E-state index contributed by atoms with van der Waals surface area (Å²) in [6.45, 7) is 3.98. The monoisotopic (exact) mass is 437 g/mol. The van der Waals surface area contributed by atoms with Crippen LogP contribution in [0.25, 0.3) is 5.57 Å². The van der Waals surface area contributed by atoms with E-state index in [0.717, 1.165) is 21.1 Å². The van der Waals surface area contributed by atoms with Crippen LogP contribution in [-0.4, -0.2) is 43.7 Å². The number of methoxy groups -OCH3 is 3. The number of rotatable bonds is 3. The number of thioether (sulfide) groups is 2. The summed E-state index contributed by atoms with van der Waals surface area (Å²) in [4.78, 5) is 25.5. The molecule has 0 fully saturated rings. The molecule has 2 aliphatic heterocycles. The van der Waals surface area contributed by atoms with Crippen molar-refractivity contribution in [3.05, 3.63) is 37.8 Å². The molecule has 3 rings (SSSR count). The van der Waals surface area contributed by atoms with Gasteiger partial charge in [-0.25, -0.2) is 9.59 Å². The number of anilines is 1. The Hall–Kier alpha value is -1.97. The van der Waals surface area contributed by atoms with Gasteiger partial charge in [0.25, 0.3) is 0 Å². The molecule has 0 aromatic heterocycles. The maximum Gasteiger partial charge on any atom is 0.346 e. The first kappa shape index (κ1) is 20.8. The van der Waals surface area contributed by atoms with Crippen LogP contribution < -0.4 is 10.1 Å². The molecule has 2 aliphatic rings. The summed E-state index contributed by atoms with van der Waals surface area (Å²) >= 11 is 8.13. The smallest absolute Gasteiger partial charge is 0.346 e. The Kier molecular flexibility index (Phi) is 5.79. The lowest BCUT2D eigenvalue weighted by atomic mass is 9.85. The van der Waals surface area contributed by atoms with E-state index < -0.39 is 17.5 Å². The summed E-state index contributed by atoms with van der Waals surface area (Å²) in [6.07, 6.45) is 0. The third kappa shape index (κ3) is 3.54. The van der Waals surface area contributed by atoms with Crippen molar-refractivity contribution in [3.8, 4) is 5.75 Å². The number of carbonyl (C=O) groups excluding carboxylic acids is 2. The van der Waals surface area contributed by atoms with Gasteiger partial charge in [0, 0.05) is 21.7 Å². The normalized spacial score (nSPS) is 17.8. The zero-order chi connectivity index (χ0) is 20.6. The van der Waals surface area contributed by atoms with Crippen LogP contribution in [0.15, 0.2) is 32.2 Å². The van der Waals surface area contributed by atoms with Crippen LogP contribution in [0, 0.1) is 0 Å². The summed E-state index contributed by atoms with van der Waals surface area (Å²) < 4.78 is 15.8. The molecule has 148 valence electrons. The van der Waals surface area contributed by atoms with E-state index in [0.29, 0.717) is 10.6 Å². The molecule has 0 aliphatic carbocycles. The largest absolute Gasteiger partial charge is 0.497 e. The first-order chi connectivity index (χ1) is 13.2. The Morgan fingerprint density at radius 3 is 2.11 bits per heavy atom. The molecule has 28 heavy (non-hydrogen) atoms. The van der Waals surface area contributed by atoms with E-state index in [2.05, 4.69) is 5.32 Å². The molecule has 0 bridgehead atoms. The molecule has 0 saturated heterocycles. The summed E-state index contributed by atoms with van der Waals surface area (Å²) in [5, 5.41) is 3.43. The van der Waals surface area contributed by atoms with Gasteiger partial charge < -0.3 is 19.5 Å². The molecule has 0 unspecified atom stereocenters. The minimum absolute atomic E-state index is 0.199. The van der Waals surface area contributed by atoms with Gasteiger partial charge in [-0.1, -0.05) is 35.7 Å². The van der Waals surface area contributed by atoms with E-state index in [9.17, 15) is 9.59 Å². The Balaban J connectivity index is 2.19. The highest BCUT2D eigenvalue weighted by Crippen LogP contribution is 2.55. The van der Waals surface area contributed by atoms with Gasteiger partial charge in [0.1, 0.15) is 15.6 Å². The Labute approximate surface area is 177 Å². The first-order valence-electron chi connectivity index (χ1n) is 8.25. The van der Waals surface area contributed by atoms with Crippen molar-refractivity contribution < 1.29 is 23.8 Å². The van der Waals surface area contributed by atoms with Crippen molar-refractivity contribution in [3.63, 3.8) is 0 Å². The van der Waals surface area contributed by atoms with E-state index in [1.807, 2.05) is 32.0 Å². The highest BCUT2D eigenvalue weighted by Gasteiger charge is 2.40. The maximum atomic E-state index is 12.2. The van der Waals surface area contributed by atoms with Gasteiger partial charge >= 0.3 is 11.9 Å². The van der Waals surface area contributed by atoms with Crippen molar-refractivity contribution in [1.82, 2.24) is 0 Å². The highest BCUT2D eigenvalue weighted by atomic mass is 32.2. The van der Waals surface area contributed by atoms with E-state index >= 15 is 0 Å². The first-order valence-corrected chi connectivity index (χ1v) is 10.3. The number of ether oxygens (including phenoxy) is 3. The predicted octanol–water partition coefficient (Wildman–Crippen LogP) is 3.98. The predicted molar refractivity (Wildman–Crippen MR) is 116 cm³/mol. The molecule has 0 amide bonds. The minimum Gasteiger partial charge on any atom is -0.497 e. The average Bonchev–Trinajstić information content (AvgIpc) is 3.12. The van der Waals surface area contributed by atoms with Gasteiger partial charge in [0.2, 0.25) is 0 Å². The fraction of sp³-hybridized carbons (Fsp3) is 0.316. The number of carbonyl (C=O) groups is 2. The van der Waals surface area contributed by atoms with Gasteiger partial charge in [0.15, 0.2) is 0 Å². The van der Waals surface area contributed by atoms with Gasteiger partial charge in [0.05, 0.1) is 31.1 Å². The van der Waals surface area contributed by atoms with Gasteiger partial charge in [-0.3, -0.25) is 0 Å². The second-order valence-corrected chi connectivity index (χ2v) is 9.21. The lowest BCUT2D eigenvalue weighted by Crippen LogP contribution is -2.43. The molecule has 0 spiro atoms. The van der Waals surface area contributed by atoms with E-state index in [1.54, 1.807) is 7.11 Å². The molecule has 1 aromatic carbocycles. The Morgan fingerprint density at radius 2 is 1.61 bits per heavy atom. The molecule has 0 saturated carbocycles. The van der Waals surface area contributed by atoms with Crippen LogP contribution in [0.2, 0.25) is 0 Å². The molecular weight excluding hydrogens is 418 g/mol. The molecule has 0 atom stereocenters. The zero-order valence-electron chi connectivity index (χ0n) is 16.0. The minimum atomic E-state index is -0.585. The fourth-order valence-corrected chi connectivity index (χ4v) is 5.85. The fourth-order valence-electron chi connectivity index (χ4n) is 2.85. The quantitative estimate of drug-likeness (QED) is 0.429. The molecular formula is C19H19NO5S3. The van der Waals surface area contributed by atoms with Crippen molar-refractivity contribution >= 4 is 63.8 Å². The van der Waals surface area contributed by atoms with Crippen LogP contribution in [0.3, 0.4) is 0 Å². The van der Waals surface area contributed by atoms with Crippen LogP contribution >= 0.6 is 35.7 Å². The third-order valence-electron chi connectivity index (χ3n) is 4.28. The number of thiocarbonyl (C=S) groups is 1. The summed E-state index contributed by atoms with van der Waals surface area (Å²) in [6, 6.07) is 5.69. The van der Waals surface area contributed by atoms with Crippen molar-refractivity contribution in [2.45, 2.75) is 19.4 Å². The lowest BCUT2D eigenvalue weighted by molar-refractivity contribution is -0.138. The average molecular weight is 438 g/mol. The highest BCUT2D eigenvalue weighted by molar-refractivity contribution is 8.29. The van der Waals surface area contributed by atoms with Gasteiger partial charge in [-0.15, -0.1) is 0 Å². The number of esters is 2. The standard InChI is InChI=1S/C19H19NO5S3/c1-19(2)15(26)12(10-8-9(23-3)6-7-11(10)20-19)18-27-13(16(21)24-4)14(28-18)17(22)25-5/h6-8,20H,1-5H3. The van der Waals surface area contributed by atoms with E-state index in [4.69, 9.17) is 26.4 Å².